The zero-order chi connectivity index (χ0) is 20.0. The molecular formula is C23H39ClFN3O. The Balaban J connectivity index is 0.00000420. The molecule has 1 aromatic rings. The van der Waals surface area contributed by atoms with Crippen molar-refractivity contribution in [2.75, 3.05) is 39.3 Å². The van der Waals surface area contributed by atoms with E-state index in [1.54, 1.807) is 0 Å². The molecule has 0 aromatic heterocycles. The zero-order valence-corrected chi connectivity index (χ0v) is 18.8. The topological polar surface area (TPSA) is 35.6 Å². The van der Waals surface area contributed by atoms with Gasteiger partial charge in [0, 0.05) is 32.7 Å². The highest BCUT2D eigenvalue weighted by atomic mass is 35.5. The van der Waals surface area contributed by atoms with Crippen molar-refractivity contribution in [1.82, 2.24) is 15.1 Å². The van der Waals surface area contributed by atoms with Gasteiger partial charge in [-0.25, -0.2) is 9.18 Å². The van der Waals surface area contributed by atoms with Gasteiger partial charge in [-0.1, -0.05) is 51.2 Å². The number of urea groups is 1. The quantitative estimate of drug-likeness (QED) is 0.462. The van der Waals surface area contributed by atoms with Gasteiger partial charge in [0.2, 0.25) is 0 Å². The summed E-state index contributed by atoms with van der Waals surface area (Å²) in [5, 5.41) is 3.07. The minimum absolute atomic E-state index is 0. The van der Waals surface area contributed by atoms with Crippen LogP contribution in [0.15, 0.2) is 24.3 Å². The number of carbonyl (C=O) groups is 1. The monoisotopic (exact) mass is 427 g/mol. The molecule has 1 aliphatic rings. The lowest BCUT2D eigenvalue weighted by atomic mass is 10.1. The van der Waals surface area contributed by atoms with Crippen LogP contribution < -0.4 is 5.32 Å². The molecule has 0 radical (unpaired) electrons. The normalized spacial score (nSPS) is 14.5. The van der Waals surface area contributed by atoms with E-state index in [4.69, 9.17) is 0 Å². The Morgan fingerprint density at radius 1 is 0.931 bits per heavy atom. The average Bonchev–Trinajstić information content (AvgIpc) is 2.72. The number of hydrogen-bond acceptors (Lipinski definition) is 2. The largest absolute Gasteiger partial charge is 0.338 e. The molecule has 29 heavy (non-hydrogen) atoms. The van der Waals surface area contributed by atoms with Gasteiger partial charge in [0.1, 0.15) is 5.82 Å². The molecule has 1 N–H and O–H groups in total. The number of amides is 2. The van der Waals surface area contributed by atoms with Crippen LogP contribution in [0.3, 0.4) is 0 Å². The molecule has 6 heteroatoms. The molecule has 2 rings (SSSR count). The summed E-state index contributed by atoms with van der Waals surface area (Å²) in [6.07, 6.45) is 10.8. The lowest BCUT2D eigenvalue weighted by Gasteiger charge is -2.34. The molecule has 1 aliphatic heterocycles. The predicted octanol–water partition coefficient (Wildman–Crippen LogP) is 5.26. The van der Waals surface area contributed by atoms with Gasteiger partial charge >= 0.3 is 6.03 Å². The molecule has 0 spiro atoms. The van der Waals surface area contributed by atoms with E-state index in [1.165, 1.54) is 49.8 Å². The van der Waals surface area contributed by atoms with E-state index in [0.29, 0.717) is 0 Å². The first kappa shape index (κ1) is 25.7. The first-order valence-corrected chi connectivity index (χ1v) is 11.2. The summed E-state index contributed by atoms with van der Waals surface area (Å²) < 4.78 is 12.9. The second kappa shape index (κ2) is 15.5. The standard InChI is InChI=1S/C23H38FN3O.ClH/c1-2-3-4-5-6-8-15-25-23(28)27-19-17-26(18-20-27)16-9-7-10-21-11-13-22(24)14-12-21;/h11-14H,2-10,15-20H2,1H3,(H,25,28);1H. The Labute approximate surface area is 182 Å². The molecule has 166 valence electrons. The van der Waals surface area contributed by atoms with Gasteiger partial charge < -0.3 is 10.2 Å². The lowest BCUT2D eigenvalue weighted by molar-refractivity contribution is 0.138. The molecule has 1 aromatic carbocycles. The predicted molar refractivity (Wildman–Crippen MR) is 121 cm³/mol. The van der Waals surface area contributed by atoms with Gasteiger partial charge in [0.05, 0.1) is 0 Å². The summed E-state index contributed by atoms with van der Waals surface area (Å²) in [6.45, 7) is 7.67. The number of hydrogen-bond donors (Lipinski definition) is 1. The van der Waals surface area contributed by atoms with Crippen LogP contribution >= 0.6 is 12.4 Å². The second-order valence-electron chi connectivity index (χ2n) is 7.91. The fourth-order valence-corrected chi connectivity index (χ4v) is 3.70. The van der Waals surface area contributed by atoms with Crippen molar-refractivity contribution < 1.29 is 9.18 Å². The molecule has 0 saturated carbocycles. The molecule has 0 atom stereocenters. The SMILES string of the molecule is CCCCCCCCNC(=O)N1CCN(CCCCc2ccc(F)cc2)CC1.Cl. The highest BCUT2D eigenvalue weighted by Gasteiger charge is 2.20. The van der Waals surface area contributed by atoms with Gasteiger partial charge in [0.15, 0.2) is 0 Å². The van der Waals surface area contributed by atoms with E-state index < -0.39 is 0 Å². The number of carbonyl (C=O) groups excluding carboxylic acids is 1. The highest BCUT2D eigenvalue weighted by molar-refractivity contribution is 5.85. The Morgan fingerprint density at radius 2 is 1.59 bits per heavy atom. The number of piperazine rings is 1. The van der Waals surface area contributed by atoms with Gasteiger partial charge in [-0.3, -0.25) is 4.90 Å². The van der Waals surface area contributed by atoms with E-state index in [0.717, 1.165) is 65.0 Å². The molecule has 0 unspecified atom stereocenters. The summed E-state index contributed by atoms with van der Waals surface area (Å²) in [4.78, 5) is 16.6. The maximum atomic E-state index is 12.9. The third kappa shape index (κ3) is 10.9. The number of unbranched alkanes of at least 4 members (excludes halogenated alkanes) is 6. The van der Waals surface area contributed by atoms with Crippen LogP contribution in [-0.4, -0.2) is 55.1 Å². The van der Waals surface area contributed by atoms with Crippen LogP contribution in [0.25, 0.3) is 0 Å². The first-order valence-electron chi connectivity index (χ1n) is 11.2. The van der Waals surface area contributed by atoms with Crippen LogP contribution in [0, 0.1) is 5.82 Å². The minimum atomic E-state index is -0.169. The summed E-state index contributed by atoms with van der Waals surface area (Å²) in [5.41, 5.74) is 1.20. The molecule has 0 aliphatic carbocycles. The fourth-order valence-electron chi connectivity index (χ4n) is 3.70. The van der Waals surface area contributed by atoms with E-state index >= 15 is 0 Å². The van der Waals surface area contributed by atoms with Crippen molar-refractivity contribution in [3.05, 3.63) is 35.6 Å². The van der Waals surface area contributed by atoms with E-state index in [-0.39, 0.29) is 24.3 Å². The number of halogens is 2. The molecular weight excluding hydrogens is 389 g/mol. The summed E-state index contributed by atoms with van der Waals surface area (Å²) in [7, 11) is 0. The van der Waals surface area contributed by atoms with Crippen LogP contribution in [0.5, 0.6) is 0 Å². The van der Waals surface area contributed by atoms with Crippen molar-refractivity contribution >= 4 is 18.4 Å². The van der Waals surface area contributed by atoms with Crippen molar-refractivity contribution in [2.24, 2.45) is 0 Å². The van der Waals surface area contributed by atoms with Crippen molar-refractivity contribution in [1.29, 1.82) is 0 Å². The number of nitrogens with zero attached hydrogens (tertiary/aromatic N) is 2. The lowest BCUT2D eigenvalue weighted by Crippen LogP contribution is -2.52. The van der Waals surface area contributed by atoms with E-state index in [1.807, 2.05) is 17.0 Å². The molecule has 1 fully saturated rings. The third-order valence-electron chi connectivity index (χ3n) is 5.57. The van der Waals surface area contributed by atoms with Crippen molar-refractivity contribution in [3.63, 3.8) is 0 Å². The number of rotatable bonds is 12. The Morgan fingerprint density at radius 3 is 2.28 bits per heavy atom. The summed E-state index contributed by atoms with van der Waals surface area (Å²) in [6, 6.07) is 6.91. The number of benzene rings is 1. The minimum Gasteiger partial charge on any atom is -0.338 e. The summed E-state index contributed by atoms with van der Waals surface area (Å²) >= 11 is 0. The molecule has 1 saturated heterocycles. The number of aryl methyl sites for hydroxylation is 1. The van der Waals surface area contributed by atoms with E-state index in [2.05, 4.69) is 17.1 Å². The van der Waals surface area contributed by atoms with Crippen LogP contribution in [0.2, 0.25) is 0 Å². The smallest absolute Gasteiger partial charge is 0.317 e. The van der Waals surface area contributed by atoms with Crippen molar-refractivity contribution in [3.8, 4) is 0 Å². The van der Waals surface area contributed by atoms with Crippen LogP contribution in [0.1, 0.15) is 63.9 Å². The summed E-state index contributed by atoms with van der Waals surface area (Å²) in [5.74, 6) is -0.169. The van der Waals surface area contributed by atoms with Crippen LogP contribution in [-0.2, 0) is 6.42 Å². The molecule has 0 bridgehead atoms. The first-order chi connectivity index (χ1) is 13.7. The fraction of sp³-hybridized carbons (Fsp3) is 0.696. The maximum absolute atomic E-state index is 12.9. The van der Waals surface area contributed by atoms with Crippen LogP contribution in [0.4, 0.5) is 9.18 Å². The Bertz CT molecular complexity index is 548. The van der Waals surface area contributed by atoms with E-state index in [9.17, 15) is 9.18 Å². The molecule has 1 heterocycles. The average molecular weight is 428 g/mol. The Kier molecular flexibility index (Phi) is 13.7. The second-order valence-corrected chi connectivity index (χ2v) is 7.91. The zero-order valence-electron chi connectivity index (χ0n) is 18.0. The van der Waals surface area contributed by atoms with Gasteiger partial charge in [-0.05, 0) is 49.9 Å². The van der Waals surface area contributed by atoms with Gasteiger partial charge in [-0.2, -0.15) is 0 Å². The van der Waals surface area contributed by atoms with Crippen molar-refractivity contribution in [2.45, 2.75) is 64.7 Å². The Hall–Kier alpha value is -1.33. The highest BCUT2D eigenvalue weighted by Crippen LogP contribution is 2.09. The maximum Gasteiger partial charge on any atom is 0.317 e. The third-order valence-corrected chi connectivity index (χ3v) is 5.57. The van der Waals surface area contributed by atoms with Gasteiger partial charge in [0.25, 0.3) is 0 Å². The van der Waals surface area contributed by atoms with Gasteiger partial charge in [-0.15, -0.1) is 12.4 Å². The number of nitrogens with one attached hydrogen (secondary N) is 1. The molecule has 4 nitrogen and oxygen atoms in total. The molecule has 2 amide bonds.